The molecule has 1 aromatic heterocycles. The van der Waals surface area contributed by atoms with Crippen LogP contribution in [0.5, 0.6) is 11.5 Å². The fraction of sp³-hybridized carbons (Fsp3) is 0.500. The molecule has 388 valence electrons. The highest BCUT2D eigenvalue weighted by Gasteiger charge is 2.50. The van der Waals surface area contributed by atoms with E-state index in [0.717, 1.165) is 87.3 Å². The third-order valence-corrected chi connectivity index (χ3v) is 17.0. The Morgan fingerprint density at radius 3 is 2.27 bits per heavy atom. The summed E-state index contributed by atoms with van der Waals surface area (Å²) in [6, 6.07) is 19.7. The van der Waals surface area contributed by atoms with E-state index in [2.05, 4.69) is 43.7 Å². The van der Waals surface area contributed by atoms with E-state index in [1.165, 1.54) is 56.0 Å². The first kappa shape index (κ1) is 50.9. The summed E-state index contributed by atoms with van der Waals surface area (Å²) in [4.78, 5) is 44.0. The van der Waals surface area contributed by atoms with E-state index < -0.39 is 35.1 Å². The number of halogens is 3. The lowest BCUT2D eigenvalue weighted by molar-refractivity contribution is -0.120. The number of nitrogens with zero attached hydrogens (tertiary/aromatic N) is 5. The van der Waals surface area contributed by atoms with Crippen molar-refractivity contribution in [2.24, 2.45) is 30.5 Å². The number of carbonyl (C=O) groups excluding carboxylic acids is 3. The van der Waals surface area contributed by atoms with Gasteiger partial charge in [0, 0.05) is 73.7 Å². The monoisotopic (exact) mass is 1020 g/mol. The number of urea groups is 1. The van der Waals surface area contributed by atoms with Crippen LogP contribution in [0.15, 0.2) is 66.7 Å². The number of aryl methyl sites for hydroxylation is 1. The number of hydrogen-bond donors (Lipinski definition) is 4. The number of aromatic nitrogens is 2. The van der Waals surface area contributed by atoms with Crippen molar-refractivity contribution in [1.29, 1.82) is 0 Å². The van der Waals surface area contributed by atoms with Gasteiger partial charge in [-0.05, 0) is 143 Å². The number of primary amides is 1. The molecule has 1 aliphatic carbocycles. The van der Waals surface area contributed by atoms with Gasteiger partial charge in [-0.3, -0.25) is 24.5 Å². The highest BCUT2D eigenvalue weighted by molar-refractivity contribution is 6.34. The van der Waals surface area contributed by atoms with Crippen molar-refractivity contribution in [3.63, 3.8) is 0 Å². The van der Waals surface area contributed by atoms with E-state index in [9.17, 15) is 19.5 Å². The van der Waals surface area contributed by atoms with Crippen molar-refractivity contribution in [1.82, 2.24) is 30.2 Å². The van der Waals surface area contributed by atoms with Crippen LogP contribution in [-0.2, 0) is 17.4 Å². The zero-order chi connectivity index (χ0) is 51.0. The molecule has 4 aromatic carbocycles. The molecule has 0 spiro atoms. The summed E-state index contributed by atoms with van der Waals surface area (Å²) in [7, 11) is 1.91. The third kappa shape index (κ3) is 10.3. The topological polar surface area (TPSA) is 168 Å². The molecule has 4 amide bonds. The average Bonchev–Trinajstić information content (AvgIpc) is 3.87. The van der Waals surface area contributed by atoms with Crippen molar-refractivity contribution < 1.29 is 37.7 Å². The standard InChI is InChI=1S/C56H67ClF2N8O6/c1-34-48-46(29-43(58)51(57)50(48)49-42(53(60)70)14-15-45(52(49)59)72-27-26-68)73-56(34,40-6-4-3-5-7-40)33-61-30-35-8-10-36(11-9-35)31-65-21-16-37(17-22-65)32-66-23-18-38(19-24-66)39-12-13-41-44(28-39)64(2)63-54(41)67-25-20-47(69)62-55(67)71/h3-7,12-15,28-29,34-38,61,68H,8-11,16-27,30-33H2,1-2H3,(H2,60,70)(H,62,69,71). The molecule has 5 heterocycles. The van der Waals surface area contributed by atoms with E-state index in [-0.39, 0.29) is 58.8 Å². The first-order valence-corrected chi connectivity index (χ1v) is 26.6. The van der Waals surface area contributed by atoms with Gasteiger partial charge in [-0.25, -0.2) is 13.6 Å². The number of rotatable bonds is 16. The number of ether oxygens (including phenoxy) is 2. The summed E-state index contributed by atoms with van der Waals surface area (Å²) >= 11 is 6.73. The third-order valence-electron chi connectivity index (χ3n) is 16.6. The maximum atomic E-state index is 16.5. The van der Waals surface area contributed by atoms with Gasteiger partial charge in [0.05, 0.1) is 22.7 Å². The zero-order valence-corrected chi connectivity index (χ0v) is 42.6. The largest absolute Gasteiger partial charge is 0.488 e. The Labute approximate surface area is 430 Å². The number of likely N-dealkylation sites (tertiary alicyclic amines) is 2. The van der Waals surface area contributed by atoms with E-state index >= 15 is 8.78 Å². The first-order valence-electron chi connectivity index (χ1n) is 26.2. The molecule has 3 saturated heterocycles. The minimum absolute atomic E-state index is 0.0107. The average molecular weight is 1020 g/mol. The lowest BCUT2D eigenvalue weighted by atomic mass is 9.77. The summed E-state index contributed by atoms with van der Waals surface area (Å²) < 4.78 is 46.4. The second kappa shape index (κ2) is 21.7. The molecule has 2 unspecified atom stereocenters. The first-order chi connectivity index (χ1) is 35.3. The Morgan fingerprint density at radius 1 is 0.904 bits per heavy atom. The number of carbonyl (C=O) groups is 3. The van der Waals surface area contributed by atoms with Gasteiger partial charge in [0.1, 0.15) is 18.2 Å². The Bertz CT molecular complexity index is 2840. The van der Waals surface area contributed by atoms with Crippen LogP contribution in [0, 0.1) is 29.4 Å². The second-order valence-electron chi connectivity index (χ2n) is 21.1. The van der Waals surface area contributed by atoms with Crippen molar-refractivity contribution in [2.45, 2.75) is 82.1 Å². The number of hydrogen-bond acceptors (Lipinski definition) is 10. The van der Waals surface area contributed by atoms with Crippen LogP contribution in [0.4, 0.5) is 19.4 Å². The number of piperidine rings is 2. The van der Waals surface area contributed by atoms with Gasteiger partial charge in [0.2, 0.25) is 11.8 Å². The van der Waals surface area contributed by atoms with Crippen molar-refractivity contribution >= 4 is 46.2 Å². The van der Waals surface area contributed by atoms with Crippen molar-refractivity contribution in [3.8, 4) is 22.6 Å². The highest BCUT2D eigenvalue weighted by atomic mass is 35.5. The molecule has 4 fully saturated rings. The number of aliphatic hydroxyl groups excluding tert-OH is 1. The minimum atomic E-state index is -1.02. The van der Waals surface area contributed by atoms with Crippen molar-refractivity contribution in [3.05, 3.63) is 106 Å². The molecule has 17 heteroatoms. The zero-order valence-electron chi connectivity index (χ0n) is 41.8. The Balaban J connectivity index is 0.701. The maximum absolute atomic E-state index is 16.5. The molecule has 4 aliphatic heterocycles. The lowest BCUT2D eigenvalue weighted by Crippen LogP contribution is -2.49. The Hall–Kier alpha value is -5.65. The molecule has 1 saturated carbocycles. The summed E-state index contributed by atoms with van der Waals surface area (Å²) in [6.45, 7) is 9.74. The predicted octanol–water partition coefficient (Wildman–Crippen LogP) is 8.47. The minimum Gasteiger partial charge on any atom is -0.488 e. The summed E-state index contributed by atoms with van der Waals surface area (Å²) in [5.41, 5.74) is 7.93. The van der Waals surface area contributed by atoms with Gasteiger partial charge < -0.3 is 35.4 Å². The van der Waals surface area contributed by atoms with E-state index in [1.807, 2.05) is 49.0 Å². The number of aliphatic hydroxyl groups is 1. The fourth-order valence-corrected chi connectivity index (χ4v) is 12.8. The molecular formula is C56H67ClF2N8O6. The quantitative estimate of drug-likeness (QED) is 0.0753. The number of nitrogens with two attached hydrogens (primary N) is 1. The number of anilines is 1. The molecule has 5 aliphatic rings. The van der Waals surface area contributed by atoms with E-state index in [4.69, 9.17) is 26.8 Å². The van der Waals surface area contributed by atoms with E-state index in [0.29, 0.717) is 42.2 Å². The van der Waals surface area contributed by atoms with Gasteiger partial charge in [-0.2, -0.15) is 5.10 Å². The van der Waals surface area contributed by atoms with Gasteiger partial charge >= 0.3 is 6.03 Å². The van der Waals surface area contributed by atoms with Crippen LogP contribution in [0.25, 0.3) is 22.0 Å². The lowest BCUT2D eigenvalue weighted by Gasteiger charge is -2.39. The maximum Gasteiger partial charge on any atom is 0.329 e. The van der Waals surface area contributed by atoms with Crippen LogP contribution in [0.3, 0.4) is 0 Å². The van der Waals surface area contributed by atoms with Crippen LogP contribution < -0.4 is 30.7 Å². The SMILES string of the molecule is CC1c2c(cc(F)c(Cl)c2-c2c(C(N)=O)ccc(OCCO)c2F)OC1(CNCC1CCC(CN2CCC(CN3CCC(c4ccc5c(N6CCC(=O)NC6=O)nn(C)c5c4)CC3)CC2)CC1)c1ccccc1. The van der Waals surface area contributed by atoms with Crippen molar-refractivity contribution in [2.75, 3.05) is 77.0 Å². The number of benzene rings is 4. The molecule has 5 aromatic rings. The number of nitrogens with one attached hydrogen (secondary N) is 2. The molecule has 14 nitrogen and oxygen atoms in total. The number of fused-ring (bicyclic) bond motifs is 2. The molecular weight excluding hydrogens is 954 g/mol. The second-order valence-corrected chi connectivity index (χ2v) is 21.5. The van der Waals surface area contributed by atoms with Crippen LogP contribution in [0.2, 0.25) is 5.02 Å². The molecule has 5 N–H and O–H groups in total. The highest BCUT2D eigenvalue weighted by Crippen LogP contribution is 2.56. The molecule has 2 atom stereocenters. The van der Waals surface area contributed by atoms with Crippen LogP contribution >= 0.6 is 11.6 Å². The van der Waals surface area contributed by atoms with Crippen LogP contribution in [0.1, 0.15) is 104 Å². The predicted molar refractivity (Wildman–Crippen MR) is 277 cm³/mol. The van der Waals surface area contributed by atoms with Crippen LogP contribution in [-0.4, -0.2) is 115 Å². The smallest absolute Gasteiger partial charge is 0.329 e. The Morgan fingerprint density at radius 2 is 1.59 bits per heavy atom. The number of amides is 4. The summed E-state index contributed by atoms with van der Waals surface area (Å²) in [5, 5.41) is 20.8. The molecule has 73 heavy (non-hydrogen) atoms. The molecule has 0 bridgehead atoms. The Kier molecular flexibility index (Phi) is 15.1. The van der Waals surface area contributed by atoms with E-state index in [1.54, 1.807) is 4.90 Å². The summed E-state index contributed by atoms with van der Waals surface area (Å²) in [5.74, 6) is -0.461. The summed E-state index contributed by atoms with van der Waals surface area (Å²) in [6.07, 6.45) is 9.62. The van der Waals surface area contributed by atoms with Gasteiger partial charge in [-0.1, -0.05) is 54.9 Å². The normalized spacial score (nSPS) is 23.4. The molecule has 0 radical (unpaired) electrons. The van der Waals surface area contributed by atoms with Gasteiger partial charge in [0.15, 0.2) is 23.0 Å². The fourth-order valence-electron chi connectivity index (χ4n) is 12.6. The molecule has 10 rings (SSSR count). The number of imide groups is 1. The van der Waals surface area contributed by atoms with Gasteiger partial charge in [-0.15, -0.1) is 0 Å². The van der Waals surface area contributed by atoms with Gasteiger partial charge in [0.25, 0.3) is 0 Å².